The molecule has 0 aromatic heterocycles. The molecule has 1 rings (SSSR count). The number of carbonyl (C=O) groups excluding carboxylic acids is 1. The zero-order chi connectivity index (χ0) is 12.3. The third kappa shape index (κ3) is 3.35. The maximum Gasteiger partial charge on any atom is 0.237 e. The van der Waals surface area contributed by atoms with Gasteiger partial charge in [0.05, 0.1) is 12.1 Å². The van der Waals surface area contributed by atoms with E-state index in [9.17, 15) is 4.79 Å². The zero-order valence-corrected chi connectivity index (χ0v) is 10.4. The molecule has 16 heavy (non-hydrogen) atoms. The molecule has 0 aliphatic heterocycles. The molecule has 0 fully saturated rings. The number of benzene rings is 1. The van der Waals surface area contributed by atoms with E-state index >= 15 is 0 Å². The first kappa shape index (κ1) is 12.7. The summed E-state index contributed by atoms with van der Waals surface area (Å²) < 4.78 is 0. The maximum absolute atomic E-state index is 11.5. The Hall–Kier alpha value is -1.35. The van der Waals surface area contributed by atoms with Gasteiger partial charge in [-0.15, -0.1) is 0 Å². The second-order valence-corrected chi connectivity index (χ2v) is 4.44. The summed E-state index contributed by atoms with van der Waals surface area (Å²) in [4.78, 5) is 11.5. The fourth-order valence-electron chi connectivity index (χ4n) is 1.69. The van der Waals surface area contributed by atoms with Crippen LogP contribution in [0.1, 0.15) is 36.6 Å². The largest absolute Gasteiger partial charge is 0.348 e. The monoisotopic (exact) mass is 220 g/mol. The average Bonchev–Trinajstić information content (AvgIpc) is 2.15. The molecule has 0 spiro atoms. The minimum atomic E-state index is -0.464. The fourth-order valence-corrected chi connectivity index (χ4v) is 1.69. The highest BCUT2D eigenvalue weighted by atomic mass is 16.2. The molecule has 0 bridgehead atoms. The normalized spacial score (nSPS) is 14.3. The van der Waals surface area contributed by atoms with E-state index in [1.165, 1.54) is 11.1 Å². The number of hydrogen-bond donors (Lipinski definition) is 2. The Morgan fingerprint density at radius 3 is 2.12 bits per heavy atom. The van der Waals surface area contributed by atoms with E-state index in [0.717, 1.165) is 5.56 Å². The van der Waals surface area contributed by atoms with Crippen LogP contribution in [0.15, 0.2) is 18.2 Å². The molecule has 2 atom stereocenters. The first-order chi connectivity index (χ1) is 7.40. The summed E-state index contributed by atoms with van der Waals surface area (Å²) >= 11 is 0. The molecular formula is C13H20N2O. The molecule has 3 N–H and O–H groups in total. The van der Waals surface area contributed by atoms with Crippen LogP contribution in [0.3, 0.4) is 0 Å². The van der Waals surface area contributed by atoms with Gasteiger partial charge in [0.15, 0.2) is 0 Å². The van der Waals surface area contributed by atoms with E-state index in [-0.39, 0.29) is 11.9 Å². The lowest BCUT2D eigenvalue weighted by Gasteiger charge is -2.17. The van der Waals surface area contributed by atoms with Gasteiger partial charge in [0.25, 0.3) is 0 Å². The van der Waals surface area contributed by atoms with Gasteiger partial charge in [-0.1, -0.05) is 29.3 Å². The number of carbonyl (C=O) groups is 1. The Balaban J connectivity index is 2.80. The molecule has 0 aliphatic rings. The molecule has 0 radical (unpaired) electrons. The van der Waals surface area contributed by atoms with E-state index in [1.807, 2.05) is 6.92 Å². The van der Waals surface area contributed by atoms with Crippen LogP contribution in [0, 0.1) is 13.8 Å². The Morgan fingerprint density at radius 2 is 1.69 bits per heavy atom. The lowest BCUT2D eigenvalue weighted by atomic mass is 10.0. The van der Waals surface area contributed by atoms with Crippen LogP contribution in [0.2, 0.25) is 0 Å². The number of amides is 1. The van der Waals surface area contributed by atoms with Crippen LogP contribution < -0.4 is 11.1 Å². The second-order valence-electron chi connectivity index (χ2n) is 4.44. The molecule has 0 heterocycles. The standard InChI is InChI=1S/C13H20N2O/c1-8-5-9(2)7-12(6-8)11(4)15-13(16)10(3)14/h5-7,10-11H,14H2,1-4H3,(H,15,16)/t10-,11?/m0/s1. The van der Waals surface area contributed by atoms with Crippen molar-refractivity contribution in [3.63, 3.8) is 0 Å². The first-order valence-corrected chi connectivity index (χ1v) is 5.54. The topological polar surface area (TPSA) is 55.1 Å². The van der Waals surface area contributed by atoms with Crippen molar-refractivity contribution in [3.8, 4) is 0 Å². The summed E-state index contributed by atoms with van der Waals surface area (Å²) in [6.45, 7) is 7.76. The first-order valence-electron chi connectivity index (χ1n) is 5.54. The lowest BCUT2D eigenvalue weighted by molar-refractivity contribution is -0.122. The Labute approximate surface area is 97.0 Å². The lowest BCUT2D eigenvalue weighted by Crippen LogP contribution is -2.39. The Kier molecular flexibility index (Phi) is 4.07. The number of nitrogens with two attached hydrogens (primary N) is 1. The molecule has 3 heteroatoms. The highest BCUT2D eigenvalue weighted by Crippen LogP contribution is 2.16. The smallest absolute Gasteiger partial charge is 0.237 e. The Bertz CT molecular complexity index is 365. The third-order valence-corrected chi connectivity index (χ3v) is 2.52. The summed E-state index contributed by atoms with van der Waals surface area (Å²) in [6, 6.07) is 5.81. The highest BCUT2D eigenvalue weighted by molar-refractivity contribution is 5.81. The van der Waals surface area contributed by atoms with E-state index in [1.54, 1.807) is 6.92 Å². The molecule has 3 nitrogen and oxygen atoms in total. The quantitative estimate of drug-likeness (QED) is 0.816. The van der Waals surface area contributed by atoms with Crippen LogP contribution in [-0.4, -0.2) is 11.9 Å². The van der Waals surface area contributed by atoms with Gasteiger partial charge in [0.1, 0.15) is 0 Å². The van der Waals surface area contributed by atoms with Crippen molar-refractivity contribution in [3.05, 3.63) is 34.9 Å². The molecule has 0 saturated heterocycles. The van der Waals surface area contributed by atoms with Crippen molar-refractivity contribution in [2.75, 3.05) is 0 Å². The molecular weight excluding hydrogens is 200 g/mol. The van der Waals surface area contributed by atoms with Crippen LogP contribution in [0.4, 0.5) is 0 Å². The SMILES string of the molecule is Cc1cc(C)cc(C(C)NC(=O)[C@H](C)N)c1. The van der Waals surface area contributed by atoms with Gasteiger partial charge in [-0.2, -0.15) is 0 Å². The van der Waals surface area contributed by atoms with Crippen molar-refractivity contribution < 1.29 is 4.79 Å². The van der Waals surface area contributed by atoms with Gasteiger partial charge in [-0.25, -0.2) is 0 Å². The van der Waals surface area contributed by atoms with Crippen molar-refractivity contribution in [1.29, 1.82) is 0 Å². The van der Waals surface area contributed by atoms with E-state index in [4.69, 9.17) is 5.73 Å². The predicted molar refractivity (Wildman–Crippen MR) is 66.1 cm³/mol. The van der Waals surface area contributed by atoms with Gasteiger partial charge in [-0.05, 0) is 33.3 Å². The number of aryl methyl sites for hydroxylation is 2. The summed E-state index contributed by atoms with van der Waals surface area (Å²) in [5.41, 5.74) is 9.04. The average molecular weight is 220 g/mol. The molecule has 1 unspecified atom stereocenters. The van der Waals surface area contributed by atoms with E-state index < -0.39 is 6.04 Å². The van der Waals surface area contributed by atoms with Crippen molar-refractivity contribution in [2.45, 2.75) is 39.8 Å². The van der Waals surface area contributed by atoms with Crippen LogP contribution in [0.5, 0.6) is 0 Å². The van der Waals surface area contributed by atoms with E-state index in [2.05, 4.69) is 37.4 Å². The number of nitrogens with one attached hydrogen (secondary N) is 1. The second kappa shape index (κ2) is 5.12. The van der Waals surface area contributed by atoms with Crippen LogP contribution in [0.25, 0.3) is 0 Å². The summed E-state index contributed by atoms with van der Waals surface area (Å²) in [5.74, 6) is -0.119. The van der Waals surface area contributed by atoms with Gasteiger partial charge in [0, 0.05) is 0 Å². The summed E-state index contributed by atoms with van der Waals surface area (Å²) in [7, 11) is 0. The van der Waals surface area contributed by atoms with Crippen LogP contribution >= 0.6 is 0 Å². The predicted octanol–water partition coefficient (Wildman–Crippen LogP) is 1.83. The highest BCUT2D eigenvalue weighted by Gasteiger charge is 2.12. The maximum atomic E-state index is 11.5. The number of hydrogen-bond acceptors (Lipinski definition) is 2. The van der Waals surface area contributed by atoms with Crippen molar-refractivity contribution >= 4 is 5.91 Å². The van der Waals surface area contributed by atoms with Gasteiger partial charge in [-0.3, -0.25) is 4.79 Å². The molecule has 0 saturated carbocycles. The molecule has 88 valence electrons. The molecule has 1 amide bonds. The zero-order valence-electron chi connectivity index (χ0n) is 10.4. The van der Waals surface area contributed by atoms with E-state index in [0.29, 0.717) is 0 Å². The van der Waals surface area contributed by atoms with Crippen molar-refractivity contribution in [2.24, 2.45) is 5.73 Å². The third-order valence-electron chi connectivity index (χ3n) is 2.52. The minimum absolute atomic E-state index is 0.00269. The number of rotatable bonds is 3. The minimum Gasteiger partial charge on any atom is -0.348 e. The molecule has 1 aromatic rings. The van der Waals surface area contributed by atoms with Crippen molar-refractivity contribution in [1.82, 2.24) is 5.32 Å². The fraction of sp³-hybridized carbons (Fsp3) is 0.462. The van der Waals surface area contributed by atoms with Crippen LogP contribution in [-0.2, 0) is 4.79 Å². The molecule has 1 aromatic carbocycles. The van der Waals surface area contributed by atoms with Gasteiger partial charge >= 0.3 is 0 Å². The van der Waals surface area contributed by atoms with Gasteiger partial charge < -0.3 is 11.1 Å². The van der Waals surface area contributed by atoms with Gasteiger partial charge in [0.2, 0.25) is 5.91 Å². The summed E-state index contributed by atoms with van der Waals surface area (Å²) in [5, 5.41) is 2.89. The molecule has 0 aliphatic carbocycles. The summed E-state index contributed by atoms with van der Waals surface area (Å²) in [6.07, 6.45) is 0. The Morgan fingerprint density at radius 1 is 1.19 bits per heavy atom.